The molecule has 100 valence electrons. The van der Waals surface area contributed by atoms with Crippen LogP contribution in [0.15, 0.2) is 30.1 Å². The van der Waals surface area contributed by atoms with Gasteiger partial charge in [0.05, 0.1) is 4.92 Å². The maximum Gasteiger partial charge on any atom is 0.372 e. The lowest BCUT2D eigenvalue weighted by molar-refractivity contribution is -0.385. The van der Waals surface area contributed by atoms with Gasteiger partial charge in [-0.25, -0.2) is 4.98 Å². The Morgan fingerprint density at radius 3 is 2.89 bits per heavy atom. The van der Waals surface area contributed by atoms with E-state index in [0.717, 1.165) is 11.9 Å². The molecule has 0 spiro atoms. The van der Waals surface area contributed by atoms with E-state index in [9.17, 15) is 10.1 Å². The van der Waals surface area contributed by atoms with Crippen molar-refractivity contribution in [1.82, 2.24) is 9.97 Å². The van der Waals surface area contributed by atoms with Gasteiger partial charge in [-0.2, -0.15) is 4.98 Å². The van der Waals surface area contributed by atoms with Gasteiger partial charge in [0.2, 0.25) is 5.82 Å². The second kappa shape index (κ2) is 5.05. The third kappa shape index (κ3) is 2.54. The Hall–Kier alpha value is -2.44. The number of nitrogens with two attached hydrogens (primary N) is 1. The zero-order chi connectivity index (χ0) is 14.0. The Bertz CT molecular complexity index is 568. The summed E-state index contributed by atoms with van der Waals surface area (Å²) < 4.78 is 5.61. The number of nitro groups is 1. The molecule has 0 aromatic carbocycles. The summed E-state index contributed by atoms with van der Waals surface area (Å²) in [4.78, 5) is 17.7. The average Bonchev–Trinajstić information content (AvgIpc) is 2.34. The van der Waals surface area contributed by atoms with Crippen molar-refractivity contribution in [3.63, 3.8) is 0 Å². The zero-order valence-electron chi connectivity index (χ0n) is 10.6. The number of rotatable bonds is 3. The summed E-state index contributed by atoms with van der Waals surface area (Å²) in [6.07, 6.45) is 6.51. The molecule has 0 saturated carbocycles. The molecule has 7 nitrogen and oxygen atoms in total. The van der Waals surface area contributed by atoms with Crippen molar-refractivity contribution in [3.05, 3.63) is 40.2 Å². The summed E-state index contributed by atoms with van der Waals surface area (Å²) in [5.74, 6) is -0.191. The minimum absolute atomic E-state index is 0.103. The van der Waals surface area contributed by atoms with Gasteiger partial charge in [-0.1, -0.05) is 24.6 Å². The van der Waals surface area contributed by atoms with Gasteiger partial charge < -0.3 is 10.5 Å². The number of allylic oxidation sites excluding steroid dienone is 2. The molecule has 0 fully saturated rings. The minimum Gasteiger partial charge on any atom is -0.464 e. The van der Waals surface area contributed by atoms with Crippen molar-refractivity contribution >= 4 is 11.5 Å². The number of hydrogen-bond donors (Lipinski definition) is 1. The van der Waals surface area contributed by atoms with Gasteiger partial charge >= 0.3 is 5.69 Å². The number of ether oxygens (including phenoxy) is 1. The van der Waals surface area contributed by atoms with Crippen LogP contribution in [-0.4, -0.2) is 21.0 Å². The largest absolute Gasteiger partial charge is 0.464 e. The van der Waals surface area contributed by atoms with Crippen molar-refractivity contribution in [1.29, 1.82) is 0 Å². The number of hydrogen-bond acceptors (Lipinski definition) is 6. The van der Waals surface area contributed by atoms with Crippen LogP contribution in [-0.2, 0) is 0 Å². The fraction of sp³-hybridized carbons (Fsp3) is 0.333. The van der Waals surface area contributed by atoms with Gasteiger partial charge in [0.1, 0.15) is 12.4 Å². The van der Waals surface area contributed by atoms with Crippen molar-refractivity contribution < 1.29 is 9.66 Å². The molecule has 1 aliphatic carbocycles. The highest BCUT2D eigenvalue weighted by Gasteiger charge is 2.27. The Labute approximate surface area is 110 Å². The summed E-state index contributed by atoms with van der Waals surface area (Å²) in [6.45, 7) is 3.96. The first kappa shape index (κ1) is 13.0. The quantitative estimate of drug-likeness (QED) is 0.658. The first-order chi connectivity index (χ1) is 9.00. The molecule has 0 aliphatic heterocycles. The summed E-state index contributed by atoms with van der Waals surface area (Å²) in [6, 6.07) is 0. The zero-order valence-corrected chi connectivity index (χ0v) is 10.6. The lowest BCUT2D eigenvalue weighted by Gasteiger charge is -2.24. The van der Waals surface area contributed by atoms with E-state index in [4.69, 9.17) is 10.5 Å². The van der Waals surface area contributed by atoms with Crippen molar-refractivity contribution in [2.24, 2.45) is 5.92 Å². The molecule has 1 aliphatic rings. The van der Waals surface area contributed by atoms with Crippen LogP contribution in [0.25, 0.3) is 0 Å². The van der Waals surface area contributed by atoms with E-state index in [2.05, 4.69) is 9.97 Å². The Morgan fingerprint density at radius 2 is 2.21 bits per heavy atom. The molecule has 1 heterocycles. The summed E-state index contributed by atoms with van der Waals surface area (Å²) in [5.41, 5.74) is 6.23. The molecule has 2 N–H and O–H groups in total. The third-order valence-corrected chi connectivity index (χ3v) is 3.12. The van der Waals surface area contributed by atoms with Crippen molar-refractivity contribution in [2.75, 3.05) is 5.73 Å². The predicted octanol–water partition coefficient (Wildman–Crippen LogP) is 1.87. The van der Waals surface area contributed by atoms with E-state index in [0.29, 0.717) is 0 Å². The summed E-state index contributed by atoms with van der Waals surface area (Å²) >= 11 is 0. The van der Waals surface area contributed by atoms with Crippen LogP contribution >= 0.6 is 0 Å². The highest BCUT2D eigenvalue weighted by molar-refractivity contribution is 5.58. The molecule has 19 heavy (non-hydrogen) atoms. The summed E-state index contributed by atoms with van der Waals surface area (Å²) in [5, 5.41) is 11.0. The van der Waals surface area contributed by atoms with E-state index in [-0.39, 0.29) is 23.7 Å². The molecule has 0 bridgehead atoms. The van der Waals surface area contributed by atoms with Gasteiger partial charge in [-0.05, 0) is 13.0 Å². The van der Waals surface area contributed by atoms with E-state index in [1.807, 2.05) is 32.1 Å². The molecule has 7 heteroatoms. The predicted molar refractivity (Wildman–Crippen MR) is 69.6 cm³/mol. The molecule has 1 aromatic rings. The lowest BCUT2D eigenvalue weighted by Crippen LogP contribution is -2.26. The third-order valence-electron chi connectivity index (χ3n) is 3.12. The second-order valence-electron chi connectivity index (χ2n) is 4.34. The Morgan fingerprint density at radius 1 is 1.47 bits per heavy atom. The topological polar surface area (TPSA) is 104 Å². The van der Waals surface area contributed by atoms with Crippen molar-refractivity contribution in [2.45, 2.75) is 20.0 Å². The fourth-order valence-electron chi connectivity index (χ4n) is 1.80. The lowest BCUT2D eigenvalue weighted by atomic mass is 9.92. The van der Waals surface area contributed by atoms with Crippen LogP contribution in [0.2, 0.25) is 0 Å². The first-order valence-corrected chi connectivity index (χ1v) is 5.77. The fourth-order valence-corrected chi connectivity index (χ4v) is 1.80. The number of nitrogen functional groups attached to an aromatic ring is 1. The molecule has 2 atom stereocenters. The molecule has 0 amide bonds. The van der Waals surface area contributed by atoms with E-state index in [1.165, 1.54) is 0 Å². The van der Waals surface area contributed by atoms with Crippen LogP contribution in [0.3, 0.4) is 0 Å². The van der Waals surface area contributed by atoms with Gasteiger partial charge in [0.25, 0.3) is 5.88 Å². The van der Waals surface area contributed by atoms with Crippen molar-refractivity contribution in [3.8, 4) is 5.88 Å². The van der Waals surface area contributed by atoms with Crippen LogP contribution in [0.5, 0.6) is 5.88 Å². The molecular weight excluding hydrogens is 248 g/mol. The Balaban J connectivity index is 2.30. The van der Waals surface area contributed by atoms with Crippen LogP contribution in [0, 0.1) is 16.0 Å². The maximum atomic E-state index is 11.0. The van der Waals surface area contributed by atoms with Crippen LogP contribution in [0.4, 0.5) is 11.5 Å². The average molecular weight is 262 g/mol. The number of aromatic nitrogens is 2. The van der Waals surface area contributed by atoms with Gasteiger partial charge in [-0.15, -0.1) is 0 Å². The highest BCUT2D eigenvalue weighted by atomic mass is 16.6. The smallest absolute Gasteiger partial charge is 0.372 e. The standard InChI is InChI=1S/C12H14N4O3/c1-7-4-3-5-9(8(7)2)19-12-10(16(17)18)11(13)14-6-15-12/h3-6,8-9H,1-2H3,(H2,13,14,15)/t8-,9-/m0/s1. The number of anilines is 1. The Kier molecular flexibility index (Phi) is 3.46. The first-order valence-electron chi connectivity index (χ1n) is 5.77. The molecule has 0 saturated heterocycles. The molecule has 2 rings (SSSR count). The second-order valence-corrected chi connectivity index (χ2v) is 4.34. The molecule has 0 radical (unpaired) electrons. The minimum atomic E-state index is -0.634. The van der Waals surface area contributed by atoms with Gasteiger partial charge in [0, 0.05) is 5.92 Å². The van der Waals surface area contributed by atoms with E-state index < -0.39 is 10.6 Å². The molecule has 0 unspecified atom stereocenters. The monoisotopic (exact) mass is 262 g/mol. The number of nitrogens with zero attached hydrogens (tertiary/aromatic N) is 3. The molecule has 1 aromatic heterocycles. The maximum absolute atomic E-state index is 11.0. The van der Waals surface area contributed by atoms with Crippen LogP contribution < -0.4 is 10.5 Å². The van der Waals surface area contributed by atoms with Crippen LogP contribution in [0.1, 0.15) is 13.8 Å². The van der Waals surface area contributed by atoms with E-state index in [1.54, 1.807) is 0 Å². The normalized spacial score (nSPS) is 21.9. The highest BCUT2D eigenvalue weighted by Crippen LogP contribution is 2.32. The van der Waals surface area contributed by atoms with Gasteiger partial charge in [0.15, 0.2) is 0 Å². The van der Waals surface area contributed by atoms with E-state index >= 15 is 0 Å². The summed E-state index contributed by atoms with van der Waals surface area (Å²) in [7, 11) is 0. The molecular formula is C12H14N4O3. The SMILES string of the molecule is CC1=CC=C[C@H](Oc2ncnc(N)c2[N+](=O)[O-])[C@H]1C. The van der Waals surface area contributed by atoms with Gasteiger partial charge in [-0.3, -0.25) is 10.1 Å².